The van der Waals surface area contributed by atoms with E-state index in [2.05, 4.69) is 51.2 Å². The molecule has 72 valence electrons. The summed E-state index contributed by atoms with van der Waals surface area (Å²) in [5.41, 5.74) is 0.605. The normalized spacial score (nSPS) is 23.5. The van der Waals surface area contributed by atoms with Crippen LogP contribution in [0.4, 0.5) is 0 Å². The van der Waals surface area contributed by atoms with Crippen LogP contribution in [0.15, 0.2) is 0 Å². The molecular weight excluding hydrogens is 184 g/mol. The van der Waals surface area contributed by atoms with Crippen molar-refractivity contribution in [3.05, 3.63) is 0 Å². The molecular formula is C10H20S2. The second kappa shape index (κ2) is 4.28. The minimum absolute atomic E-state index is 0.605. The number of rotatable bonds is 2. The Morgan fingerprint density at radius 1 is 0.917 bits per heavy atom. The summed E-state index contributed by atoms with van der Waals surface area (Å²) < 4.78 is 0. The van der Waals surface area contributed by atoms with Gasteiger partial charge in [0.25, 0.3) is 0 Å². The molecule has 0 radical (unpaired) electrons. The van der Waals surface area contributed by atoms with Crippen LogP contribution in [-0.4, -0.2) is 16.6 Å². The maximum Gasteiger partial charge on any atom is 0.0392 e. The van der Waals surface area contributed by atoms with E-state index in [9.17, 15) is 0 Å². The molecule has 0 bridgehead atoms. The van der Waals surface area contributed by atoms with Crippen molar-refractivity contribution in [2.45, 2.75) is 27.7 Å². The Morgan fingerprint density at radius 3 is 1.58 bits per heavy atom. The van der Waals surface area contributed by atoms with Gasteiger partial charge in [-0.1, -0.05) is 27.7 Å². The average Bonchev–Trinajstić information content (AvgIpc) is 2.05. The van der Waals surface area contributed by atoms with E-state index < -0.39 is 0 Å². The van der Waals surface area contributed by atoms with Crippen LogP contribution in [0.1, 0.15) is 27.7 Å². The van der Waals surface area contributed by atoms with Gasteiger partial charge in [-0.15, -0.1) is 0 Å². The van der Waals surface area contributed by atoms with E-state index in [1.807, 2.05) is 0 Å². The molecule has 1 fully saturated rings. The predicted octanol–water partition coefficient (Wildman–Crippen LogP) is 3.72. The van der Waals surface area contributed by atoms with Crippen molar-refractivity contribution in [1.29, 1.82) is 0 Å². The molecule has 0 amide bonds. The van der Waals surface area contributed by atoms with Crippen molar-refractivity contribution < 1.29 is 0 Å². The quantitative estimate of drug-likeness (QED) is 0.672. The van der Waals surface area contributed by atoms with E-state index in [1.54, 1.807) is 0 Å². The lowest BCUT2D eigenvalue weighted by Gasteiger charge is -2.43. The van der Waals surface area contributed by atoms with Gasteiger partial charge >= 0.3 is 0 Å². The highest BCUT2D eigenvalue weighted by Gasteiger charge is 2.38. The molecule has 0 spiro atoms. The maximum absolute atomic E-state index is 2.38. The lowest BCUT2D eigenvalue weighted by molar-refractivity contribution is 0.178. The van der Waals surface area contributed by atoms with E-state index in [0.717, 1.165) is 11.8 Å². The van der Waals surface area contributed by atoms with Gasteiger partial charge in [0.15, 0.2) is 0 Å². The largest absolute Gasteiger partial charge is 0.150 e. The molecule has 12 heavy (non-hydrogen) atoms. The van der Waals surface area contributed by atoms with Crippen LogP contribution in [-0.2, 0) is 0 Å². The molecule has 0 nitrogen and oxygen atoms in total. The summed E-state index contributed by atoms with van der Waals surface area (Å²) in [6, 6.07) is 0. The number of hydrogen-bond acceptors (Lipinski definition) is 2. The van der Waals surface area contributed by atoms with Crippen molar-refractivity contribution in [2.24, 2.45) is 17.3 Å². The Bertz CT molecular complexity index is 125. The first-order valence-corrected chi connectivity index (χ1v) is 7.06. The fourth-order valence-corrected chi connectivity index (χ4v) is 5.46. The van der Waals surface area contributed by atoms with Gasteiger partial charge < -0.3 is 0 Å². The van der Waals surface area contributed by atoms with E-state index in [1.165, 1.54) is 16.6 Å². The van der Waals surface area contributed by atoms with E-state index >= 15 is 0 Å². The fraction of sp³-hybridized carbons (Fsp3) is 1.00. The zero-order valence-electron chi connectivity index (χ0n) is 8.59. The molecule has 1 heterocycles. The molecule has 0 saturated carbocycles. The fourth-order valence-electron chi connectivity index (χ4n) is 1.90. The molecule has 0 unspecified atom stereocenters. The summed E-state index contributed by atoms with van der Waals surface area (Å²) in [6.07, 6.45) is 0. The van der Waals surface area contributed by atoms with Gasteiger partial charge in [-0.3, -0.25) is 0 Å². The third-order valence-corrected chi connectivity index (χ3v) is 6.02. The van der Waals surface area contributed by atoms with Crippen LogP contribution in [0.3, 0.4) is 0 Å². The van der Waals surface area contributed by atoms with Gasteiger partial charge in [0.2, 0.25) is 0 Å². The van der Waals surface area contributed by atoms with Gasteiger partial charge in [-0.05, 0) is 17.3 Å². The minimum Gasteiger partial charge on any atom is -0.150 e. The summed E-state index contributed by atoms with van der Waals surface area (Å²) in [5, 5.41) is 1.31. The first-order chi connectivity index (χ1) is 5.59. The first kappa shape index (κ1) is 10.8. The molecule has 1 aliphatic rings. The second-order valence-corrected chi connectivity index (χ2v) is 6.69. The number of hydrogen-bond donors (Lipinski definition) is 0. The number of thioether (sulfide) groups is 2. The lowest BCUT2D eigenvalue weighted by atomic mass is 9.72. The van der Waals surface area contributed by atoms with Crippen molar-refractivity contribution >= 4 is 23.5 Å². The van der Waals surface area contributed by atoms with Crippen LogP contribution in [0.5, 0.6) is 0 Å². The molecule has 0 N–H and O–H groups in total. The Kier molecular flexibility index (Phi) is 3.84. The molecule has 0 aromatic rings. The summed E-state index contributed by atoms with van der Waals surface area (Å²) >= 11 is 4.24. The van der Waals surface area contributed by atoms with Gasteiger partial charge in [-0.25, -0.2) is 0 Å². The van der Waals surface area contributed by atoms with Gasteiger partial charge in [-0.2, -0.15) is 23.5 Å². The third-order valence-electron chi connectivity index (χ3n) is 3.21. The molecule has 0 atom stereocenters. The molecule has 0 aliphatic carbocycles. The topological polar surface area (TPSA) is 0 Å². The van der Waals surface area contributed by atoms with Crippen LogP contribution >= 0.6 is 23.5 Å². The first-order valence-electron chi connectivity index (χ1n) is 4.75. The Balaban J connectivity index is 2.70. The second-order valence-electron chi connectivity index (χ2n) is 4.36. The van der Waals surface area contributed by atoms with Crippen molar-refractivity contribution in [1.82, 2.24) is 0 Å². The lowest BCUT2D eigenvalue weighted by Crippen LogP contribution is -2.40. The van der Waals surface area contributed by atoms with E-state index in [0.29, 0.717) is 5.41 Å². The average molecular weight is 204 g/mol. The summed E-state index contributed by atoms with van der Waals surface area (Å²) in [6.45, 7) is 9.53. The highest BCUT2D eigenvalue weighted by atomic mass is 32.2. The molecule has 2 heteroatoms. The highest BCUT2D eigenvalue weighted by molar-refractivity contribution is 8.16. The van der Waals surface area contributed by atoms with E-state index in [-0.39, 0.29) is 0 Å². The predicted molar refractivity (Wildman–Crippen MR) is 61.9 cm³/mol. The SMILES string of the molecule is CC(C)C1(C(C)C)CSCSC1. The molecule has 1 aliphatic heterocycles. The van der Waals surface area contributed by atoms with Crippen LogP contribution in [0, 0.1) is 17.3 Å². The zero-order chi connectivity index (χ0) is 9.19. The zero-order valence-corrected chi connectivity index (χ0v) is 10.2. The molecule has 1 saturated heterocycles. The summed E-state index contributed by atoms with van der Waals surface area (Å²) in [5.74, 6) is 4.40. The Morgan fingerprint density at radius 2 is 1.33 bits per heavy atom. The monoisotopic (exact) mass is 204 g/mol. The van der Waals surface area contributed by atoms with E-state index in [4.69, 9.17) is 0 Å². The Labute approximate surface area is 85.3 Å². The molecule has 0 aromatic heterocycles. The molecule has 1 rings (SSSR count). The van der Waals surface area contributed by atoms with Crippen molar-refractivity contribution in [3.63, 3.8) is 0 Å². The van der Waals surface area contributed by atoms with Gasteiger partial charge in [0, 0.05) is 16.6 Å². The minimum atomic E-state index is 0.605. The van der Waals surface area contributed by atoms with Crippen molar-refractivity contribution in [3.8, 4) is 0 Å². The van der Waals surface area contributed by atoms with Gasteiger partial charge in [0.05, 0.1) is 0 Å². The highest BCUT2D eigenvalue weighted by Crippen LogP contribution is 2.45. The van der Waals surface area contributed by atoms with Crippen LogP contribution in [0.25, 0.3) is 0 Å². The third kappa shape index (κ3) is 1.95. The van der Waals surface area contributed by atoms with Crippen LogP contribution < -0.4 is 0 Å². The van der Waals surface area contributed by atoms with Crippen LogP contribution in [0.2, 0.25) is 0 Å². The maximum atomic E-state index is 2.38. The van der Waals surface area contributed by atoms with Crippen molar-refractivity contribution in [2.75, 3.05) is 16.6 Å². The summed E-state index contributed by atoms with van der Waals surface area (Å²) in [4.78, 5) is 0. The smallest absolute Gasteiger partial charge is 0.0392 e. The molecule has 0 aromatic carbocycles. The summed E-state index contributed by atoms with van der Waals surface area (Å²) in [7, 11) is 0. The standard InChI is InChI=1S/C10H20S2/c1-8(2)10(9(3)4)5-11-7-12-6-10/h8-9H,5-7H2,1-4H3. The van der Waals surface area contributed by atoms with Gasteiger partial charge in [0.1, 0.15) is 0 Å². The Hall–Kier alpha value is 0.700.